The Morgan fingerprint density at radius 2 is 2.09 bits per heavy atom. The Balaban J connectivity index is 3.54. The molecule has 0 rings (SSSR count). The van der Waals surface area contributed by atoms with Crippen molar-refractivity contribution in [2.75, 3.05) is 6.54 Å². The first-order chi connectivity index (χ1) is 5.07. The fraction of sp³-hybridized carbons (Fsp3) is 0.714. The van der Waals surface area contributed by atoms with Crippen LogP contribution in [0.4, 0.5) is 0 Å². The third-order valence-electron chi connectivity index (χ3n) is 1.35. The van der Waals surface area contributed by atoms with Gasteiger partial charge in [0.25, 0.3) is 0 Å². The summed E-state index contributed by atoms with van der Waals surface area (Å²) < 4.78 is 0. The van der Waals surface area contributed by atoms with Crippen molar-refractivity contribution in [3.05, 3.63) is 0 Å². The molecule has 4 heteroatoms. The van der Waals surface area contributed by atoms with Crippen LogP contribution >= 0.6 is 0 Å². The Hall–Kier alpha value is -1.06. The molecule has 0 aliphatic rings. The van der Waals surface area contributed by atoms with E-state index in [-0.39, 0.29) is 12.5 Å². The van der Waals surface area contributed by atoms with Crippen molar-refractivity contribution in [3.63, 3.8) is 0 Å². The van der Waals surface area contributed by atoms with Crippen molar-refractivity contribution in [3.8, 4) is 0 Å². The summed E-state index contributed by atoms with van der Waals surface area (Å²) in [6, 6.07) is 0. The Labute approximate surface area is 65.6 Å². The maximum absolute atomic E-state index is 10.6. The number of aliphatic carboxylic acids is 1. The average Bonchev–Trinajstić information content (AvgIpc) is 1.99. The third-order valence-corrected chi connectivity index (χ3v) is 1.35. The minimum atomic E-state index is -0.888. The van der Waals surface area contributed by atoms with E-state index in [1.165, 1.54) is 0 Å². The largest absolute Gasteiger partial charge is 0.481 e. The van der Waals surface area contributed by atoms with Crippen LogP contribution in [0.3, 0.4) is 0 Å². The van der Waals surface area contributed by atoms with Gasteiger partial charge in [-0.25, -0.2) is 0 Å². The van der Waals surface area contributed by atoms with Gasteiger partial charge in [0.05, 0.1) is 5.92 Å². The highest BCUT2D eigenvalue weighted by Gasteiger charge is 2.10. The molecule has 0 bridgehead atoms. The third kappa shape index (κ3) is 4.36. The number of carbonyl (C=O) groups excluding carboxylic acids is 1. The molecule has 11 heavy (non-hydrogen) atoms. The zero-order valence-electron chi connectivity index (χ0n) is 6.76. The number of nitrogens with one attached hydrogen (secondary N) is 1. The highest BCUT2D eigenvalue weighted by atomic mass is 16.4. The van der Waals surface area contributed by atoms with E-state index in [0.29, 0.717) is 6.42 Å². The van der Waals surface area contributed by atoms with Crippen LogP contribution in [0, 0.1) is 5.92 Å². The van der Waals surface area contributed by atoms with Crippen molar-refractivity contribution >= 4 is 11.9 Å². The quantitative estimate of drug-likeness (QED) is 0.617. The number of hydrogen-bond donors (Lipinski definition) is 2. The topological polar surface area (TPSA) is 66.4 Å². The Kier molecular flexibility index (Phi) is 4.26. The maximum Gasteiger partial charge on any atom is 0.308 e. The van der Waals surface area contributed by atoms with Gasteiger partial charge >= 0.3 is 5.97 Å². The number of carbonyl (C=O) groups is 2. The van der Waals surface area contributed by atoms with Crippen molar-refractivity contribution in [1.29, 1.82) is 0 Å². The van der Waals surface area contributed by atoms with Crippen LogP contribution in [-0.4, -0.2) is 23.5 Å². The summed E-state index contributed by atoms with van der Waals surface area (Å²) in [5, 5.41) is 10.9. The molecule has 0 spiro atoms. The van der Waals surface area contributed by atoms with Gasteiger partial charge in [0.2, 0.25) is 5.91 Å². The second-order valence-corrected chi connectivity index (χ2v) is 2.40. The maximum atomic E-state index is 10.6. The Bertz CT molecular complexity index is 156. The minimum absolute atomic E-state index is 0.113. The lowest BCUT2D eigenvalue weighted by molar-refractivity contribution is -0.141. The molecule has 0 aliphatic carbocycles. The smallest absolute Gasteiger partial charge is 0.308 e. The van der Waals surface area contributed by atoms with Crippen molar-refractivity contribution in [2.45, 2.75) is 20.3 Å². The fourth-order valence-electron chi connectivity index (χ4n) is 0.479. The van der Waals surface area contributed by atoms with Gasteiger partial charge in [0, 0.05) is 13.0 Å². The number of carboxylic acids is 1. The molecule has 0 aromatic rings. The summed E-state index contributed by atoms with van der Waals surface area (Å²) in [5.41, 5.74) is 0. The van der Waals surface area contributed by atoms with Crippen molar-refractivity contribution in [1.82, 2.24) is 5.32 Å². The molecule has 0 radical (unpaired) electrons. The second kappa shape index (κ2) is 4.71. The normalized spacial score (nSPS) is 12.2. The zero-order valence-corrected chi connectivity index (χ0v) is 6.76. The SMILES string of the molecule is CCC(=O)NCC(C)C(=O)O. The first-order valence-electron chi connectivity index (χ1n) is 3.57. The molecule has 0 saturated carbocycles. The summed E-state index contributed by atoms with van der Waals surface area (Å²) in [4.78, 5) is 20.9. The number of amides is 1. The van der Waals surface area contributed by atoms with Gasteiger partial charge in [-0.2, -0.15) is 0 Å². The highest BCUT2D eigenvalue weighted by molar-refractivity contribution is 5.76. The van der Waals surface area contributed by atoms with Crippen LogP contribution in [0.1, 0.15) is 20.3 Å². The van der Waals surface area contributed by atoms with Crippen LogP contribution < -0.4 is 5.32 Å². The van der Waals surface area contributed by atoms with Gasteiger partial charge in [0.1, 0.15) is 0 Å². The minimum Gasteiger partial charge on any atom is -0.481 e. The number of rotatable bonds is 4. The molecule has 0 saturated heterocycles. The van der Waals surface area contributed by atoms with Gasteiger partial charge < -0.3 is 10.4 Å². The molecule has 1 atom stereocenters. The van der Waals surface area contributed by atoms with Gasteiger partial charge in [0.15, 0.2) is 0 Å². The number of hydrogen-bond acceptors (Lipinski definition) is 2. The van der Waals surface area contributed by atoms with E-state index in [4.69, 9.17) is 5.11 Å². The van der Waals surface area contributed by atoms with E-state index in [1.807, 2.05) is 0 Å². The average molecular weight is 159 g/mol. The Morgan fingerprint density at radius 3 is 2.45 bits per heavy atom. The first-order valence-corrected chi connectivity index (χ1v) is 3.57. The van der Waals surface area contributed by atoms with Crippen LogP contribution in [0.5, 0.6) is 0 Å². The lowest BCUT2D eigenvalue weighted by Gasteiger charge is -2.06. The molecule has 1 unspecified atom stereocenters. The van der Waals surface area contributed by atoms with E-state index in [2.05, 4.69) is 5.32 Å². The molecule has 0 fully saturated rings. The molecular weight excluding hydrogens is 146 g/mol. The molecule has 0 aliphatic heterocycles. The molecular formula is C7H13NO3. The van der Waals surface area contributed by atoms with E-state index >= 15 is 0 Å². The second-order valence-electron chi connectivity index (χ2n) is 2.40. The van der Waals surface area contributed by atoms with E-state index in [0.717, 1.165) is 0 Å². The van der Waals surface area contributed by atoms with Crippen LogP contribution in [-0.2, 0) is 9.59 Å². The lowest BCUT2D eigenvalue weighted by Crippen LogP contribution is -2.30. The van der Waals surface area contributed by atoms with E-state index in [9.17, 15) is 9.59 Å². The van der Waals surface area contributed by atoms with Crippen LogP contribution in [0.25, 0.3) is 0 Å². The summed E-state index contributed by atoms with van der Waals surface area (Å²) in [7, 11) is 0. The summed E-state index contributed by atoms with van der Waals surface area (Å²) in [5.74, 6) is -1.51. The standard InChI is InChI=1S/C7H13NO3/c1-3-6(9)8-4-5(2)7(10)11/h5H,3-4H2,1-2H3,(H,8,9)(H,10,11). The van der Waals surface area contributed by atoms with E-state index < -0.39 is 11.9 Å². The zero-order chi connectivity index (χ0) is 8.85. The van der Waals surface area contributed by atoms with Gasteiger partial charge in [-0.3, -0.25) is 9.59 Å². The first kappa shape index (κ1) is 9.94. The van der Waals surface area contributed by atoms with Gasteiger partial charge in [-0.1, -0.05) is 13.8 Å². The summed E-state index contributed by atoms with van der Waals surface area (Å²) >= 11 is 0. The van der Waals surface area contributed by atoms with Crippen LogP contribution in [0.2, 0.25) is 0 Å². The van der Waals surface area contributed by atoms with Gasteiger partial charge in [-0.05, 0) is 0 Å². The number of carboxylic acid groups (broad SMARTS) is 1. The van der Waals surface area contributed by atoms with E-state index in [1.54, 1.807) is 13.8 Å². The predicted molar refractivity (Wildman–Crippen MR) is 40.1 cm³/mol. The molecule has 1 amide bonds. The summed E-state index contributed by atoms with van der Waals surface area (Å²) in [6.45, 7) is 3.49. The van der Waals surface area contributed by atoms with Crippen LogP contribution in [0.15, 0.2) is 0 Å². The van der Waals surface area contributed by atoms with Gasteiger partial charge in [-0.15, -0.1) is 0 Å². The molecule has 64 valence electrons. The molecule has 2 N–H and O–H groups in total. The highest BCUT2D eigenvalue weighted by Crippen LogP contribution is 1.91. The molecule has 4 nitrogen and oxygen atoms in total. The van der Waals surface area contributed by atoms with Crippen molar-refractivity contribution in [2.24, 2.45) is 5.92 Å². The monoisotopic (exact) mass is 159 g/mol. The predicted octanol–water partition coefficient (Wildman–Crippen LogP) is 0.233. The lowest BCUT2D eigenvalue weighted by atomic mass is 10.2. The van der Waals surface area contributed by atoms with Crippen molar-refractivity contribution < 1.29 is 14.7 Å². The Morgan fingerprint density at radius 1 is 1.55 bits per heavy atom. The molecule has 0 heterocycles. The molecule has 0 aromatic carbocycles. The molecule has 0 aromatic heterocycles. The fourth-order valence-corrected chi connectivity index (χ4v) is 0.479. The summed E-state index contributed by atoms with van der Waals surface area (Å²) in [6.07, 6.45) is 0.395.